The molecule has 0 bridgehead atoms. The van der Waals surface area contributed by atoms with E-state index in [-0.39, 0.29) is 18.6 Å². The first-order valence-corrected chi connectivity index (χ1v) is 21.1. The van der Waals surface area contributed by atoms with Gasteiger partial charge >= 0.3 is 12.0 Å². The Morgan fingerprint density at radius 1 is 0.623 bits per heavy atom. The molecular formula is C45H54N8O8. The number of nitrogens with zero attached hydrogens (tertiary/aromatic N) is 6. The molecule has 4 aliphatic rings. The van der Waals surface area contributed by atoms with Gasteiger partial charge in [0.1, 0.15) is 11.4 Å². The molecule has 0 amide bonds. The third-order valence-electron chi connectivity index (χ3n) is 11.7. The minimum Gasteiger partial charge on any atom is -0.402 e. The lowest BCUT2D eigenvalue weighted by Crippen LogP contribution is -2.20. The molecule has 3 N–H and O–H groups in total. The number of benzene rings is 2. The molecule has 16 heteroatoms. The van der Waals surface area contributed by atoms with Crippen molar-refractivity contribution >= 4 is 33.8 Å². The fourth-order valence-electron chi connectivity index (χ4n) is 7.77. The van der Waals surface area contributed by atoms with Gasteiger partial charge in [-0.3, -0.25) is 0 Å². The number of anilines is 2. The zero-order chi connectivity index (χ0) is 42.5. The van der Waals surface area contributed by atoms with Crippen molar-refractivity contribution in [3.05, 3.63) is 69.8 Å². The summed E-state index contributed by atoms with van der Waals surface area (Å²) < 4.78 is 39.0. The average molecular weight is 835 g/mol. The number of fused-ring (bicyclic) bond motifs is 2. The largest absolute Gasteiger partial charge is 0.402 e. The van der Waals surface area contributed by atoms with Crippen LogP contribution >= 0.6 is 0 Å². The minimum atomic E-state index is -1.01. The Morgan fingerprint density at radius 3 is 1.46 bits per heavy atom. The molecule has 2 saturated heterocycles. The SMILES string of the molecule is COC(C)(C)c1cc(C2CC2)cc2c(C)cc(-c3nnc(NCC4OCCO4)o3)nc12.Cc1cc(-c2nnc(NCC3OCCO3)o2)nc2c(C(C)(C)O)cc(C3CC3)cc12. The van der Waals surface area contributed by atoms with Crippen molar-refractivity contribution in [3.63, 3.8) is 0 Å². The molecule has 2 aromatic carbocycles. The number of methoxy groups -OCH3 is 1. The van der Waals surface area contributed by atoms with Gasteiger partial charge in [-0.2, -0.15) is 0 Å². The van der Waals surface area contributed by atoms with Gasteiger partial charge in [0.15, 0.2) is 12.6 Å². The van der Waals surface area contributed by atoms with Gasteiger partial charge in [-0.05, 0) is 126 Å². The van der Waals surface area contributed by atoms with Crippen molar-refractivity contribution in [2.24, 2.45) is 0 Å². The smallest absolute Gasteiger partial charge is 0.315 e. The summed E-state index contributed by atoms with van der Waals surface area (Å²) in [6, 6.07) is 13.4. The van der Waals surface area contributed by atoms with Crippen LogP contribution in [0.3, 0.4) is 0 Å². The minimum absolute atomic E-state index is 0.287. The topological polar surface area (TPSA) is 194 Å². The molecule has 10 rings (SSSR count). The van der Waals surface area contributed by atoms with E-state index in [9.17, 15) is 5.11 Å². The lowest BCUT2D eigenvalue weighted by Gasteiger charge is -2.26. The number of ether oxygens (including phenoxy) is 5. The number of hydrogen-bond acceptors (Lipinski definition) is 16. The molecule has 6 aromatic rings. The highest BCUT2D eigenvalue weighted by Gasteiger charge is 2.31. The van der Waals surface area contributed by atoms with Crippen LogP contribution in [-0.2, 0) is 34.9 Å². The Kier molecular flexibility index (Phi) is 11.3. The third kappa shape index (κ3) is 9.10. The zero-order valence-electron chi connectivity index (χ0n) is 35.8. The molecule has 0 unspecified atom stereocenters. The van der Waals surface area contributed by atoms with Gasteiger partial charge in [-0.15, -0.1) is 10.2 Å². The summed E-state index contributed by atoms with van der Waals surface area (Å²) in [6.07, 6.45) is 4.30. The summed E-state index contributed by atoms with van der Waals surface area (Å²) in [6.45, 7) is 15.1. The summed E-state index contributed by atoms with van der Waals surface area (Å²) in [5.74, 6) is 1.93. The second kappa shape index (κ2) is 16.6. The second-order valence-electron chi connectivity index (χ2n) is 17.3. The van der Waals surface area contributed by atoms with Crippen molar-refractivity contribution in [2.75, 3.05) is 57.3 Å². The van der Waals surface area contributed by atoms with Crippen LogP contribution in [0.2, 0.25) is 0 Å². The first-order valence-electron chi connectivity index (χ1n) is 21.1. The predicted molar refractivity (Wildman–Crippen MR) is 227 cm³/mol. The standard InChI is InChI=1S/C23H28N4O4.C22H26N4O4/c1-13-9-18(21-26-27-22(31-21)24-12-19-29-7-8-30-19)25-20-16(13)10-15(14-5-6-14)11-17(20)23(2,3)28-4;1-12-8-17(20-25-26-21(30-20)23-11-18-28-6-7-29-18)24-19-15(12)9-14(13-4-5-13)10-16(19)22(2,3)27/h9-11,14,19H,5-8,12H2,1-4H3,(H,24,27);8-10,13,18,27H,4-7,11H2,1-3H3,(H,23,26). The lowest BCUT2D eigenvalue weighted by molar-refractivity contribution is -0.0304. The van der Waals surface area contributed by atoms with E-state index in [1.807, 2.05) is 19.1 Å². The highest BCUT2D eigenvalue weighted by molar-refractivity contribution is 5.89. The van der Waals surface area contributed by atoms with Gasteiger partial charge in [0.25, 0.3) is 11.8 Å². The number of aliphatic hydroxyl groups is 1. The number of nitrogens with one attached hydrogen (secondary N) is 2. The predicted octanol–water partition coefficient (Wildman–Crippen LogP) is 7.62. The maximum atomic E-state index is 10.8. The van der Waals surface area contributed by atoms with Gasteiger partial charge in [0.05, 0.1) is 61.8 Å². The number of hydrogen-bond donors (Lipinski definition) is 3. The lowest BCUT2D eigenvalue weighted by atomic mass is 9.90. The Balaban J connectivity index is 0.000000156. The van der Waals surface area contributed by atoms with E-state index in [1.54, 1.807) is 21.0 Å². The van der Waals surface area contributed by atoms with E-state index in [0.29, 0.717) is 80.5 Å². The van der Waals surface area contributed by atoms with Crippen LogP contribution < -0.4 is 10.6 Å². The van der Waals surface area contributed by atoms with Crippen LogP contribution in [0.25, 0.3) is 45.0 Å². The van der Waals surface area contributed by atoms with Gasteiger partial charge in [0.2, 0.25) is 0 Å². The number of pyridine rings is 2. The van der Waals surface area contributed by atoms with Crippen LogP contribution in [-0.4, -0.2) is 94.7 Å². The van der Waals surface area contributed by atoms with Crippen molar-refractivity contribution in [1.29, 1.82) is 0 Å². The fraction of sp³-hybridized carbons (Fsp3) is 0.511. The third-order valence-corrected chi connectivity index (χ3v) is 11.7. The Hall–Kier alpha value is -5.10. The monoisotopic (exact) mass is 834 g/mol. The van der Waals surface area contributed by atoms with Crippen molar-refractivity contribution in [2.45, 2.75) is 103 Å². The van der Waals surface area contributed by atoms with Crippen LogP contribution in [0.15, 0.2) is 45.2 Å². The molecular weight excluding hydrogens is 781 g/mol. The van der Waals surface area contributed by atoms with E-state index < -0.39 is 11.2 Å². The van der Waals surface area contributed by atoms with Gasteiger partial charge in [-0.25, -0.2) is 9.97 Å². The van der Waals surface area contributed by atoms with Gasteiger partial charge in [-0.1, -0.05) is 22.3 Å². The van der Waals surface area contributed by atoms with Crippen LogP contribution in [0.5, 0.6) is 0 Å². The number of aryl methyl sites for hydroxylation is 2. The molecule has 0 radical (unpaired) electrons. The van der Waals surface area contributed by atoms with E-state index >= 15 is 0 Å². The molecule has 4 fully saturated rings. The van der Waals surface area contributed by atoms with Gasteiger partial charge in [0, 0.05) is 29.0 Å². The quantitative estimate of drug-likeness (QED) is 0.103. The fourth-order valence-corrected chi connectivity index (χ4v) is 7.77. The summed E-state index contributed by atoms with van der Waals surface area (Å²) in [4.78, 5) is 9.75. The first-order chi connectivity index (χ1) is 29.3. The van der Waals surface area contributed by atoms with Crippen LogP contribution in [0.4, 0.5) is 12.0 Å². The molecule has 6 heterocycles. The number of rotatable bonds is 13. The Labute approximate surface area is 354 Å². The molecule has 2 aliphatic carbocycles. The highest BCUT2D eigenvalue weighted by Crippen LogP contribution is 2.45. The van der Waals surface area contributed by atoms with E-state index in [1.165, 1.54) is 36.8 Å². The van der Waals surface area contributed by atoms with E-state index in [0.717, 1.165) is 44.1 Å². The molecule has 16 nitrogen and oxygen atoms in total. The van der Waals surface area contributed by atoms with E-state index in [2.05, 4.69) is 76.1 Å². The molecule has 2 saturated carbocycles. The van der Waals surface area contributed by atoms with Crippen molar-refractivity contribution < 1.29 is 37.6 Å². The van der Waals surface area contributed by atoms with Crippen molar-refractivity contribution in [3.8, 4) is 23.2 Å². The van der Waals surface area contributed by atoms with Gasteiger partial charge < -0.3 is 48.3 Å². The molecule has 322 valence electrons. The molecule has 2 aliphatic heterocycles. The summed E-state index contributed by atoms with van der Waals surface area (Å²) in [7, 11) is 1.74. The number of aromatic nitrogens is 6. The van der Waals surface area contributed by atoms with Crippen LogP contribution in [0.1, 0.15) is 98.6 Å². The maximum absolute atomic E-state index is 10.8. The highest BCUT2D eigenvalue weighted by atomic mass is 16.7. The first kappa shape index (κ1) is 41.3. The normalized spacial score (nSPS) is 17.6. The average Bonchev–Trinajstić information content (AvgIpc) is 3.96. The van der Waals surface area contributed by atoms with E-state index in [4.69, 9.17) is 42.5 Å². The zero-order valence-corrected chi connectivity index (χ0v) is 35.8. The Morgan fingerprint density at radius 2 is 1.05 bits per heavy atom. The molecule has 0 spiro atoms. The maximum Gasteiger partial charge on any atom is 0.315 e. The van der Waals surface area contributed by atoms with Crippen molar-refractivity contribution in [1.82, 2.24) is 30.4 Å². The second-order valence-corrected chi connectivity index (χ2v) is 17.3. The van der Waals surface area contributed by atoms with Crippen LogP contribution in [0, 0.1) is 13.8 Å². The molecule has 4 aromatic heterocycles. The summed E-state index contributed by atoms with van der Waals surface area (Å²) in [5.41, 5.74) is 8.14. The molecule has 61 heavy (non-hydrogen) atoms. The summed E-state index contributed by atoms with van der Waals surface area (Å²) in [5, 5.41) is 35.6. The molecule has 0 atom stereocenters. The summed E-state index contributed by atoms with van der Waals surface area (Å²) >= 11 is 0. The Bertz CT molecular complexity index is 2530.